The lowest BCUT2D eigenvalue weighted by Gasteiger charge is -2.32. The van der Waals surface area contributed by atoms with E-state index in [0.29, 0.717) is 22.3 Å². The van der Waals surface area contributed by atoms with Crippen molar-refractivity contribution in [1.29, 1.82) is 0 Å². The van der Waals surface area contributed by atoms with Crippen LogP contribution in [-0.2, 0) is 16.0 Å². The zero-order valence-electron chi connectivity index (χ0n) is 14.6. The highest BCUT2D eigenvalue weighted by Crippen LogP contribution is 2.24. The summed E-state index contributed by atoms with van der Waals surface area (Å²) in [7, 11) is 0. The lowest BCUT2D eigenvalue weighted by atomic mass is 9.97. The predicted octanol–water partition coefficient (Wildman–Crippen LogP) is 3.27. The molecular weight excluding hydrogens is 387 g/mol. The zero-order chi connectivity index (χ0) is 19.4. The number of hydrogen-bond acceptors (Lipinski definition) is 4. The van der Waals surface area contributed by atoms with Crippen molar-refractivity contribution >= 4 is 46.5 Å². The maximum absolute atomic E-state index is 12.2. The number of carbonyl (C=O) groups excluding carboxylic acids is 2. The molecule has 1 aliphatic rings. The molecule has 1 fully saturated rings. The molecule has 2 amide bonds. The number of piperidine rings is 1. The minimum atomic E-state index is -0.272. The minimum absolute atomic E-state index is 0.147. The Morgan fingerprint density at radius 1 is 1.22 bits per heavy atom. The summed E-state index contributed by atoms with van der Waals surface area (Å²) in [6, 6.07) is 8.74. The van der Waals surface area contributed by atoms with E-state index in [1.165, 1.54) is 0 Å². The number of nitrogens with one attached hydrogen (secondary N) is 1. The number of halogens is 2. The highest BCUT2D eigenvalue weighted by atomic mass is 35.5. The molecule has 0 spiro atoms. The van der Waals surface area contributed by atoms with Gasteiger partial charge in [0.1, 0.15) is 5.82 Å². The van der Waals surface area contributed by atoms with Gasteiger partial charge in [0.25, 0.3) is 0 Å². The second kappa shape index (κ2) is 8.59. The first kappa shape index (κ1) is 19.5. The summed E-state index contributed by atoms with van der Waals surface area (Å²) in [4.78, 5) is 30.1. The summed E-state index contributed by atoms with van der Waals surface area (Å²) >= 11 is 11.9. The van der Waals surface area contributed by atoms with Crippen molar-refractivity contribution in [1.82, 2.24) is 4.98 Å². The summed E-state index contributed by atoms with van der Waals surface area (Å²) in [5.74, 6) is 0.176. The summed E-state index contributed by atoms with van der Waals surface area (Å²) in [6.45, 7) is 1.41. The van der Waals surface area contributed by atoms with Crippen molar-refractivity contribution in [2.75, 3.05) is 23.3 Å². The monoisotopic (exact) mass is 406 g/mol. The van der Waals surface area contributed by atoms with Gasteiger partial charge in [0.2, 0.25) is 11.8 Å². The van der Waals surface area contributed by atoms with Gasteiger partial charge in [0, 0.05) is 13.1 Å². The Labute approximate surface area is 167 Å². The second-order valence-electron chi connectivity index (χ2n) is 6.57. The van der Waals surface area contributed by atoms with Crippen molar-refractivity contribution < 1.29 is 9.59 Å². The van der Waals surface area contributed by atoms with Gasteiger partial charge in [-0.2, -0.15) is 0 Å². The normalized spacial score (nSPS) is 16.8. The van der Waals surface area contributed by atoms with E-state index in [1.807, 2.05) is 11.0 Å². The Morgan fingerprint density at radius 3 is 2.70 bits per heavy atom. The topological polar surface area (TPSA) is 88.3 Å². The van der Waals surface area contributed by atoms with Crippen LogP contribution in [0.2, 0.25) is 10.0 Å². The Balaban J connectivity index is 1.59. The number of benzene rings is 1. The number of nitrogens with two attached hydrogens (primary N) is 1. The third kappa shape index (κ3) is 5.11. The van der Waals surface area contributed by atoms with Crippen LogP contribution in [0.25, 0.3) is 0 Å². The van der Waals surface area contributed by atoms with E-state index in [2.05, 4.69) is 10.3 Å². The molecule has 8 heteroatoms. The van der Waals surface area contributed by atoms with Crippen LogP contribution >= 0.6 is 23.2 Å². The summed E-state index contributed by atoms with van der Waals surface area (Å²) < 4.78 is 0. The van der Waals surface area contributed by atoms with Crippen molar-refractivity contribution in [3.63, 3.8) is 0 Å². The fourth-order valence-corrected chi connectivity index (χ4v) is 3.43. The maximum atomic E-state index is 12.2. The quantitative estimate of drug-likeness (QED) is 0.797. The molecule has 27 heavy (non-hydrogen) atoms. The van der Waals surface area contributed by atoms with Gasteiger partial charge in [-0.3, -0.25) is 9.59 Å². The van der Waals surface area contributed by atoms with Crippen LogP contribution in [0.15, 0.2) is 36.5 Å². The minimum Gasteiger partial charge on any atom is -0.369 e. The van der Waals surface area contributed by atoms with Gasteiger partial charge in [-0.05, 0) is 42.7 Å². The van der Waals surface area contributed by atoms with Crippen molar-refractivity contribution in [2.24, 2.45) is 11.7 Å². The number of primary amides is 1. The van der Waals surface area contributed by atoms with Gasteiger partial charge in [-0.1, -0.05) is 29.3 Å². The molecule has 142 valence electrons. The molecule has 1 saturated heterocycles. The van der Waals surface area contributed by atoms with Crippen LogP contribution in [0.5, 0.6) is 0 Å². The molecule has 0 radical (unpaired) electrons. The average molecular weight is 407 g/mol. The summed E-state index contributed by atoms with van der Waals surface area (Å²) in [6.07, 6.45) is 3.51. The Hall–Kier alpha value is -2.31. The largest absolute Gasteiger partial charge is 0.369 e. The Bertz CT molecular complexity index is 842. The first-order chi connectivity index (χ1) is 12.9. The standard InChI is InChI=1S/C19H20Cl2N4O2/c20-15-5-3-12(8-16(15)21)9-18(26)24-14-4-6-17(23-10-14)25-7-1-2-13(11-25)19(22)27/h3-6,8,10,13H,1-2,7,9,11H2,(H2,22,27)(H,24,26). The maximum Gasteiger partial charge on any atom is 0.228 e. The van der Waals surface area contributed by atoms with Gasteiger partial charge in [0.15, 0.2) is 0 Å². The SMILES string of the molecule is NC(=O)C1CCCN(c2ccc(NC(=O)Cc3ccc(Cl)c(Cl)c3)cn2)C1. The van der Waals surface area contributed by atoms with Crippen LogP contribution in [0, 0.1) is 5.92 Å². The first-order valence-electron chi connectivity index (χ1n) is 8.66. The van der Waals surface area contributed by atoms with Gasteiger partial charge in [-0.25, -0.2) is 4.98 Å². The number of carbonyl (C=O) groups is 2. The smallest absolute Gasteiger partial charge is 0.228 e. The average Bonchev–Trinajstić information content (AvgIpc) is 2.65. The van der Waals surface area contributed by atoms with Gasteiger partial charge >= 0.3 is 0 Å². The number of hydrogen-bond donors (Lipinski definition) is 2. The van der Waals surface area contributed by atoms with Crippen molar-refractivity contribution in [3.8, 4) is 0 Å². The van der Waals surface area contributed by atoms with E-state index < -0.39 is 0 Å². The third-order valence-corrected chi connectivity index (χ3v) is 5.27. The molecule has 1 atom stereocenters. The lowest BCUT2D eigenvalue weighted by molar-refractivity contribution is -0.122. The van der Waals surface area contributed by atoms with E-state index in [-0.39, 0.29) is 24.2 Å². The number of anilines is 2. The van der Waals surface area contributed by atoms with E-state index >= 15 is 0 Å². The number of nitrogens with zero attached hydrogens (tertiary/aromatic N) is 2. The summed E-state index contributed by atoms with van der Waals surface area (Å²) in [5, 5.41) is 3.69. The Morgan fingerprint density at radius 2 is 2.04 bits per heavy atom. The van der Waals surface area contributed by atoms with E-state index in [9.17, 15) is 9.59 Å². The molecule has 0 saturated carbocycles. The molecule has 2 heterocycles. The van der Waals surface area contributed by atoms with E-state index in [4.69, 9.17) is 28.9 Å². The zero-order valence-corrected chi connectivity index (χ0v) is 16.1. The van der Waals surface area contributed by atoms with E-state index in [0.717, 1.165) is 30.8 Å². The molecule has 6 nitrogen and oxygen atoms in total. The molecule has 1 unspecified atom stereocenters. The number of aromatic nitrogens is 1. The highest BCUT2D eigenvalue weighted by molar-refractivity contribution is 6.42. The van der Waals surface area contributed by atoms with E-state index in [1.54, 1.807) is 30.5 Å². The van der Waals surface area contributed by atoms with Crippen molar-refractivity contribution in [2.45, 2.75) is 19.3 Å². The molecule has 1 aromatic carbocycles. The van der Waals surface area contributed by atoms with Crippen molar-refractivity contribution in [3.05, 3.63) is 52.1 Å². The number of amides is 2. The fourth-order valence-electron chi connectivity index (χ4n) is 3.10. The molecule has 1 aliphatic heterocycles. The van der Waals surface area contributed by atoms with Gasteiger partial charge < -0.3 is 16.0 Å². The molecule has 3 N–H and O–H groups in total. The van der Waals surface area contributed by atoms with Gasteiger partial charge in [0.05, 0.1) is 34.3 Å². The first-order valence-corrected chi connectivity index (χ1v) is 9.42. The number of pyridine rings is 1. The van der Waals surface area contributed by atoms with Crippen LogP contribution in [0.3, 0.4) is 0 Å². The van der Waals surface area contributed by atoms with Crippen LogP contribution in [0.4, 0.5) is 11.5 Å². The molecule has 3 rings (SSSR count). The highest BCUT2D eigenvalue weighted by Gasteiger charge is 2.24. The molecular formula is C19H20Cl2N4O2. The van der Waals surface area contributed by atoms with Gasteiger partial charge in [-0.15, -0.1) is 0 Å². The third-order valence-electron chi connectivity index (χ3n) is 4.53. The second-order valence-corrected chi connectivity index (χ2v) is 7.38. The van der Waals surface area contributed by atoms with Crippen LogP contribution in [-0.4, -0.2) is 29.9 Å². The Kier molecular flexibility index (Phi) is 6.19. The summed E-state index contributed by atoms with van der Waals surface area (Å²) in [5.41, 5.74) is 6.80. The van der Waals surface area contributed by atoms with Crippen LogP contribution in [0.1, 0.15) is 18.4 Å². The van der Waals surface area contributed by atoms with Crippen LogP contribution < -0.4 is 16.0 Å². The molecule has 1 aromatic heterocycles. The molecule has 0 bridgehead atoms. The fraction of sp³-hybridized carbons (Fsp3) is 0.316. The lowest BCUT2D eigenvalue weighted by Crippen LogP contribution is -2.41. The number of rotatable bonds is 5. The molecule has 0 aliphatic carbocycles. The predicted molar refractivity (Wildman–Crippen MR) is 107 cm³/mol. The molecule has 2 aromatic rings.